The van der Waals surface area contributed by atoms with Gasteiger partial charge >= 0.3 is 27.1 Å². The molecule has 4 saturated carbocycles. The second kappa shape index (κ2) is 31.5. The lowest BCUT2D eigenvalue weighted by atomic mass is 9.49. The van der Waals surface area contributed by atoms with Crippen molar-refractivity contribution in [3.63, 3.8) is 0 Å². The SMILES string of the molecule is CC1(C)OB(B2OC(C)(C)C(C)(C)O2)OC1(C)C.CC1(C)OB(c2ccc3nc(N)c(C(=O)[C@@H]4C[C@@H]4F)n3c2)OC1(C)C.Cc1c(-c2ccc3nc(N)c(C(=O)[C@@H]4C[C@@H]4F)n3c2)ccc2[nH]ccc12.Cc1c(Br)ccc2[nH]ccc12.Nc1cn2cc(Br)ccc2n1.Nc1nc2ccc(Br)cn2c1C(=O)[C@@H]1C[C@@H]1F.O=C(O)[C@@H]1C[C@@H]1F. The van der Waals surface area contributed by atoms with E-state index >= 15 is 0 Å². The zero-order valence-electron chi connectivity index (χ0n) is 65.9. The predicted molar refractivity (Wildman–Crippen MR) is 447 cm³/mol. The summed E-state index contributed by atoms with van der Waals surface area (Å²) in [5.41, 5.74) is 31.6. The number of benzene rings is 2. The Bertz CT molecular complexity index is 5690. The van der Waals surface area contributed by atoms with Gasteiger partial charge in [0.1, 0.15) is 70.2 Å². The van der Waals surface area contributed by atoms with Crippen LogP contribution in [0.5, 0.6) is 0 Å². The van der Waals surface area contributed by atoms with E-state index in [2.05, 4.69) is 116 Å². The molecule has 0 bridgehead atoms. The van der Waals surface area contributed by atoms with Crippen LogP contribution in [-0.2, 0) is 32.7 Å². The lowest BCUT2D eigenvalue weighted by Gasteiger charge is -2.32. The molecule has 7 aliphatic rings. The highest BCUT2D eigenvalue weighted by Gasteiger charge is 2.64. The van der Waals surface area contributed by atoms with E-state index in [4.69, 9.17) is 56.0 Å². The number of carboxylic acid groups (broad SMARTS) is 1. The Balaban J connectivity index is 0.000000121. The van der Waals surface area contributed by atoms with Crippen LogP contribution in [0.15, 0.2) is 142 Å². The van der Waals surface area contributed by atoms with E-state index in [0.717, 1.165) is 47.6 Å². The highest BCUT2D eigenvalue weighted by atomic mass is 79.9. The molecule has 12 aromatic rings. The molecule has 13 heterocycles. The minimum Gasteiger partial charge on any atom is -0.481 e. The summed E-state index contributed by atoms with van der Waals surface area (Å²) in [6.45, 7) is 28.3. The molecule has 0 radical (unpaired) electrons. The minimum atomic E-state index is -1.08. The fourth-order valence-corrected chi connectivity index (χ4v) is 14.3. The van der Waals surface area contributed by atoms with Gasteiger partial charge in [0, 0.05) is 72.4 Å². The molecule has 4 aliphatic carbocycles. The van der Waals surface area contributed by atoms with Crippen LogP contribution in [0.2, 0.25) is 0 Å². The van der Waals surface area contributed by atoms with E-state index in [1.165, 1.54) is 20.9 Å². The second-order valence-electron chi connectivity index (χ2n) is 32.7. The molecule has 10 aromatic heterocycles. The van der Waals surface area contributed by atoms with Gasteiger partial charge in [0.25, 0.3) is 0 Å². The average molecular weight is 1770 g/mol. The Hall–Kier alpha value is -8.93. The van der Waals surface area contributed by atoms with Gasteiger partial charge in [0.2, 0.25) is 0 Å². The maximum atomic E-state index is 13.4. The number of nitrogens with one attached hydrogen (secondary N) is 2. The Labute approximate surface area is 686 Å². The number of ketones is 3. The summed E-state index contributed by atoms with van der Waals surface area (Å²) in [6, 6.07) is 27.2. The topological polar surface area (TPSA) is 349 Å². The normalized spacial score (nSPS) is 23.0. The molecular weight excluding hydrogens is 1680 g/mol. The van der Waals surface area contributed by atoms with E-state index in [-0.39, 0.29) is 93.6 Å². The molecule has 25 nitrogen and oxygen atoms in total. The summed E-state index contributed by atoms with van der Waals surface area (Å²) in [5.74, 6) is -3.28. The fraction of sp³-hybridized carbons (Fsp3) is 0.400. The summed E-state index contributed by atoms with van der Waals surface area (Å²) in [7, 11) is -1.51. The number of nitrogens with zero attached hydrogens (tertiary/aromatic N) is 8. The van der Waals surface area contributed by atoms with Crippen molar-refractivity contribution in [2.75, 3.05) is 22.9 Å². The Morgan fingerprint density at radius 3 is 1.25 bits per heavy atom. The maximum Gasteiger partial charge on any atom is 0.496 e. The quantitative estimate of drug-likeness (QED) is 0.0380. The lowest BCUT2D eigenvalue weighted by Crippen LogP contribution is -2.41. The Morgan fingerprint density at radius 2 is 0.826 bits per heavy atom. The third kappa shape index (κ3) is 17.3. The molecule has 0 unspecified atom stereocenters. The highest BCUT2D eigenvalue weighted by molar-refractivity contribution is 9.11. The first-order valence-electron chi connectivity index (χ1n) is 37.5. The number of aromatic amines is 2. The largest absolute Gasteiger partial charge is 0.496 e. The number of aromatic nitrogens is 10. The molecule has 11 N–H and O–H groups in total. The number of carboxylic acids is 1. The molecule has 115 heavy (non-hydrogen) atoms. The number of rotatable bonds is 10. The standard InChI is InChI=1S/C20H17FN4O.C17H21BFN3O3.C12H24B2O4.C11H9BrFN3O.C9H8BrN.C7H6BrN3.C4H5FO2/c1-10-12(3-4-16-13(10)6-7-23-16)11-2-5-17-24-20(22)18(25(17)9-11)19(26)14-8-15(14)21;1-16(2)17(3,4)25-18(24-16)9-5-6-12-21-15(20)13(22(12)8-9)14(23)10-7-11(10)19;1-9(2)10(3,4)16-13(15-9)14-17-11(5,6)12(7,8)18-14;12-5-1-2-8-15-11(14)9(16(8)4-5)10(17)6-3-7(6)13;1-6-7-4-5-11-9(7)3-2-8(6)10;8-5-1-2-7-10-6(9)4-11(7)3-5;5-3-1-2(3)4(6)7/h2-7,9,14-15,23H,8,22H2,1H3;5-6,8,10-11H,7,20H2,1-4H3;1-8H3;1-2,4,6-7H,3,14H2;2-5,11H,1H3;1-4H,9H2;2-3H,1H2,(H,6,7)/t14-,15+;10-,11+;;6-,7+;;;2-,3+/m11.1..1/s1. The molecule has 2 aromatic carbocycles. The summed E-state index contributed by atoms with van der Waals surface area (Å²) in [4.78, 5) is 69.9. The van der Waals surface area contributed by atoms with Crippen molar-refractivity contribution in [1.82, 2.24) is 47.5 Å². The number of H-pyrrole nitrogens is 2. The maximum absolute atomic E-state index is 13.4. The van der Waals surface area contributed by atoms with Gasteiger partial charge in [-0.2, -0.15) is 0 Å². The lowest BCUT2D eigenvalue weighted by molar-refractivity contribution is -0.138. The number of alkyl halides is 4. The molecule has 604 valence electrons. The van der Waals surface area contributed by atoms with Gasteiger partial charge in [-0.15, -0.1) is 0 Å². The number of fused-ring (bicyclic) bond motifs is 6. The smallest absolute Gasteiger partial charge is 0.481 e. The zero-order valence-corrected chi connectivity index (χ0v) is 70.6. The average Bonchev–Trinajstić information content (AvgIpc) is 1.61. The number of carbonyl (C=O) groups is 4. The summed E-state index contributed by atoms with van der Waals surface area (Å²) < 4.78 is 97.0. The zero-order chi connectivity index (χ0) is 83.4. The van der Waals surface area contributed by atoms with E-state index in [0.29, 0.717) is 29.2 Å². The van der Waals surface area contributed by atoms with Crippen LogP contribution in [-0.4, -0.2) is 155 Å². The summed E-state index contributed by atoms with van der Waals surface area (Å²) in [5, 5.41) is 10.4. The van der Waals surface area contributed by atoms with Gasteiger partial charge in [-0.05, 0) is 255 Å². The molecular formula is C80H90B3Br3F4N14O11. The van der Waals surface area contributed by atoms with Crippen molar-refractivity contribution >= 4 is 165 Å². The Morgan fingerprint density at radius 1 is 0.452 bits per heavy atom. The molecule has 3 aliphatic heterocycles. The first kappa shape index (κ1) is 84.0. The predicted octanol–water partition coefficient (Wildman–Crippen LogP) is 15.5. The number of nitrogens with two attached hydrogens (primary N) is 4. The van der Waals surface area contributed by atoms with Crippen LogP contribution < -0.4 is 28.4 Å². The van der Waals surface area contributed by atoms with Gasteiger partial charge in [0.05, 0.1) is 63.5 Å². The monoisotopic (exact) mass is 1770 g/mol. The number of hydrogen-bond acceptors (Lipinski definition) is 18. The van der Waals surface area contributed by atoms with Crippen molar-refractivity contribution in [3.8, 4) is 11.1 Å². The molecule has 35 heteroatoms. The van der Waals surface area contributed by atoms with Crippen LogP contribution in [0.4, 0.5) is 40.8 Å². The number of aliphatic carboxylic acids is 1. The first-order valence-corrected chi connectivity index (χ1v) is 39.9. The van der Waals surface area contributed by atoms with Crippen molar-refractivity contribution in [2.24, 2.45) is 23.7 Å². The summed E-state index contributed by atoms with van der Waals surface area (Å²) in [6.07, 6.45) is 9.69. The third-order valence-corrected chi connectivity index (χ3v) is 24.6. The molecule has 0 amide bonds. The number of halogens is 7. The highest BCUT2D eigenvalue weighted by Crippen LogP contribution is 2.45. The second-order valence-corrected chi connectivity index (χ2v) is 35.4. The number of nitrogen functional groups attached to an aromatic ring is 4. The number of imidazole rings is 4. The van der Waals surface area contributed by atoms with Gasteiger partial charge in [-0.1, -0.05) is 28.1 Å². The van der Waals surface area contributed by atoms with Crippen LogP contribution in [0.1, 0.15) is 151 Å². The van der Waals surface area contributed by atoms with E-state index in [1.807, 2.05) is 161 Å². The number of hydrogen-bond donors (Lipinski definition) is 7. The minimum absolute atomic E-state index is 0.121. The molecule has 7 fully saturated rings. The van der Waals surface area contributed by atoms with Crippen LogP contribution in [0.3, 0.4) is 0 Å². The number of anilines is 4. The third-order valence-electron chi connectivity index (χ3n) is 22.8. The van der Waals surface area contributed by atoms with Crippen LogP contribution in [0, 0.1) is 37.5 Å². The Kier molecular flexibility index (Phi) is 23.0. The van der Waals surface area contributed by atoms with Gasteiger partial charge in [-0.25, -0.2) is 37.5 Å². The summed E-state index contributed by atoms with van der Waals surface area (Å²) >= 11 is 10.2. The first-order chi connectivity index (χ1) is 53.9. The fourth-order valence-electron chi connectivity index (χ4n) is 13.3. The number of Topliss-reactive ketones (excluding diaryl/α,β-unsaturated/α-hetero) is 3. The van der Waals surface area contributed by atoms with Gasteiger partial charge in [-0.3, -0.25) is 32.4 Å². The van der Waals surface area contributed by atoms with E-state index in [1.54, 1.807) is 43.9 Å². The molecule has 19 rings (SSSR count). The van der Waals surface area contributed by atoms with Crippen molar-refractivity contribution in [2.45, 2.75) is 181 Å². The van der Waals surface area contributed by atoms with Gasteiger partial charge in [0.15, 0.2) is 34.8 Å². The van der Waals surface area contributed by atoms with E-state index in [9.17, 15) is 36.7 Å². The number of carbonyl (C=O) groups excluding carboxylic acids is 3. The molecule has 0 spiro atoms. The molecule has 8 atom stereocenters. The van der Waals surface area contributed by atoms with E-state index < -0.39 is 86.7 Å². The van der Waals surface area contributed by atoms with Crippen molar-refractivity contribution in [3.05, 3.63) is 170 Å². The van der Waals surface area contributed by atoms with Crippen molar-refractivity contribution < 1.29 is 69.8 Å². The number of aryl methyl sites for hydroxylation is 2. The number of pyridine rings is 4. The van der Waals surface area contributed by atoms with Crippen molar-refractivity contribution in [1.29, 1.82) is 0 Å². The van der Waals surface area contributed by atoms with Crippen LogP contribution in [0.25, 0.3) is 55.5 Å². The van der Waals surface area contributed by atoms with Gasteiger partial charge < -0.3 is 70.3 Å². The van der Waals surface area contributed by atoms with Crippen LogP contribution >= 0.6 is 47.8 Å². The molecule has 3 saturated heterocycles.